The average molecular weight is 219 g/mol. The van der Waals surface area contributed by atoms with Crippen molar-refractivity contribution in [1.82, 2.24) is 5.48 Å². The molecule has 1 N–H and O–H groups in total. The number of carbonyl (C=O) groups is 2. The van der Waals surface area contributed by atoms with Gasteiger partial charge in [-0.2, -0.15) is 5.48 Å². The van der Waals surface area contributed by atoms with Crippen molar-refractivity contribution < 1.29 is 23.9 Å². The zero-order valence-electron chi connectivity index (χ0n) is 9.24. The SMILES string of the molecule is CCONC(C(=O)OCC)C(=O)OCC. The van der Waals surface area contributed by atoms with E-state index in [4.69, 9.17) is 4.84 Å². The van der Waals surface area contributed by atoms with Crippen molar-refractivity contribution in [2.45, 2.75) is 26.8 Å². The van der Waals surface area contributed by atoms with Gasteiger partial charge in [-0.05, 0) is 20.8 Å². The second-order valence-corrected chi connectivity index (χ2v) is 2.49. The van der Waals surface area contributed by atoms with E-state index in [1.807, 2.05) is 0 Å². The van der Waals surface area contributed by atoms with Crippen LogP contribution in [0.15, 0.2) is 0 Å². The van der Waals surface area contributed by atoms with Crippen molar-refractivity contribution in [2.24, 2.45) is 0 Å². The van der Waals surface area contributed by atoms with Crippen molar-refractivity contribution >= 4 is 11.9 Å². The molecule has 0 spiro atoms. The Labute approximate surface area is 88.8 Å². The van der Waals surface area contributed by atoms with Gasteiger partial charge in [0.1, 0.15) is 0 Å². The fraction of sp³-hybridized carbons (Fsp3) is 0.778. The third kappa shape index (κ3) is 5.34. The molecule has 0 unspecified atom stereocenters. The fourth-order valence-electron chi connectivity index (χ4n) is 0.810. The molecule has 0 aromatic rings. The van der Waals surface area contributed by atoms with Crippen molar-refractivity contribution in [3.8, 4) is 0 Å². The van der Waals surface area contributed by atoms with Gasteiger partial charge in [-0.25, -0.2) is 9.59 Å². The third-order valence-corrected chi connectivity index (χ3v) is 1.39. The first-order chi connectivity index (χ1) is 7.17. The van der Waals surface area contributed by atoms with E-state index in [1.165, 1.54) is 0 Å². The molecule has 0 aliphatic carbocycles. The van der Waals surface area contributed by atoms with E-state index in [0.717, 1.165) is 0 Å². The van der Waals surface area contributed by atoms with Crippen LogP contribution in [-0.2, 0) is 23.9 Å². The Kier molecular flexibility index (Phi) is 7.57. The van der Waals surface area contributed by atoms with E-state index < -0.39 is 18.0 Å². The summed E-state index contributed by atoms with van der Waals surface area (Å²) in [7, 11) is 0. The molecule has 0 aliphatic rings. The van der Waals surface area contributed by atoms with Crippen molar-refractivity contribution in [2.75, 3.05) is 19.8 Å². The molecule has 88 valence electrons. The van der Waals surface area contributed by atoms with E-state index in [1.54, 1.807) is 20.8 Å². The number of hydrogen-bond donors (Lipinski definition) is 1. The van der Waals surface area contributed by atoms with Gasteiger partial charge in [0.25, 0.3) is 0 Å². The lowest BCUT2D eigenvalue weighted by Crippen LogP contribution is -2.45. The molecule has 6 heteroatoms. The van der Waals surface area contributed by atoms with Gasteiger partial charge in [0.2, 0.25) is 6.04 Å². The summed E-state index contributed by atoms with van der Waals surface area (Å²) in [6, 6.07) is -1.22. The van der Waals surface area contributed by atoms with Gasteiger partial charge in [0.15, 0.2) is 0 Å². The van der Waals surface area contributed by atoms with Crippen LogP contribution < -0.4 is 5.48 Å². The molecule has 0 bridgehead atoms. The summed E-state index contributed by atoms with van der Waals surface area (Å²) in [6.07, 6.45) is 0. The summed E-state index contributed by atoms with van der Waals surface area (Å²) in [4.78, 5) is 27.4. The van der Waals surface area contributed by atoms with E-state index in [-0.39, 0.29) is 13.2 Å². The van der Waals surface area contributed by atoms with E-state index in [0.29, 0.717) is 6.61 Å². The molecular formula is C9H17NO5. The van der Waals surface area contributed by atoms with Gasteiger partial charge < -0.3 is 14.3 Å². The molecule has 0 rings (SSSR count). The number of carbonyl (C=O) groups excluding carboxylic acids is 2. The summed E-state index contributed by atoms with van der Waals surface area (Å²) in [5, 5.41) is 0. The van der Waals surface area contributed by atoms with Gasteiger partial charge >= 0.3 is 11.9 Å². The second kappa shape index (κ2) is 8.19. The standard InChI is InChI=1S/C9H17NO5/c1-4-13-8(11)7(10-15-6-3)9(12)14-5-2/h7,10H,4-6H2,1-3H3. The van der Waals surface area contributed by atoms with E-state index >= 15 is 0 Å². The van der Waals surface area contributed by atoms with Crippen molar-refractivity contribution in [3.05, 3.63) is 0 Å². The van der Waals surface area contributed by atoms with Gasteiger partial charge in [-0.1, -0.05) is 0 Å². The second-order valence-electron chi connectivity index (χ2n) is 2.49. The lowest BCUT2D eigenvalue weighted by atomic mass is 10.3. The van der Waals surface area contributed by atoms with Crippen LogP contribution in [0.3, 0.4) is 0 Å². The van der Waals surface area contributed by atoms with Crippen LogP contribution in [0.1, 0.15) is 20.8 Å². The highest BCUT2D eigenvalue weighted by atomic mass is 16.7. The normalized spacial score (nSPS) is 10.1. The van der Waals surface area contributed by atoms with Crippen LogP contribution in [0.5, 0.6) is 0 Å². The number of hydroxylamine groups is 1. The first kappa shape index (κ1) is 13.9. The molecule has 0 aromatic heterocycles. The number of nitrogens with one attached hydrogen (secondary N) is 1. The van der Waals surface area contributed by atoms with Crippen LogP contribution in [-0.4, -0.2) is 37.8 Å². The number of esters is 2. The first-order valence-corrected chi connectivity index (χ1v) is 4.87. The molecular weight excluding hydrogens is 202 g/mol. The van der Waals surface area contributed by atoms with Crippen LogP contribution >= 0.6 is 0 Å². The van der Waals surface area contributed by atoms with Crippen molar-refractivity contribution in [1.29, 1.82) is 0 Å². The minimum atomic E-state index is -1.22. The minimum Gasteiger partial charge on any atom is -0.464 e. The molecule has 0 aliphatic heterocycles. The number of hydrogen-bond acceptors (Lipinski definition) is 6. The maximum atomic E-state index is 11.3. The lowest BCUT2D eigenvalue weighted by molar-refractivity contribution is -0.164. The summed E-state index contributed by atoms with van der Waals surface area (Å²) in [6.45, 7) is 5.75. The fourth-order valence-corrected chi connectivity index (χ4v) is 0.810. The minimum absolute atomic E-state index is 0.197. The summed E-state index contributed by atoms with van der Waals surface area (Å²) >= 11 is 0. The highest BCUT2D eigenvalue weighted by Crippen LogP contribution is 1.94. The highest BCUT2D eigenvalue weighted by Gasteiger charge is 2.29. The zero-order chi connectivity index (χ0) is 11.7. The van der Waals surface area contributed by atoms with Gasteiger partial charge in [-0.3, -0.25) is 0 Å². The van der Waals surface area contributed by atoms with Gasteiger partial charge in [-0.15, -0.1) is 0 Å². The summed E-state index contributed by atoms with van der Waals surface area (Å²) in [5.74, 6) is -1.41. The molecule has 0 radical (unpaired) electrons. The lowest BCUT2D eigenvalue weighted by Gasteiger charge is -2.14. The van der Waals surface area contributed by atoms with Gasteiger partial charge in [0, 0.05) is 0 Å². The van der Waals surface area contributed by atoms with Crippen molar-refractivity contribution in [3.63, 3.8) is 0 Å². The molecule has 0 saturated carbocycles. The molecule has 0 aromatic carbocycles. The smallest absolute Gasteiger partial charge is 0.337 e. The largest absolute Gasteiger partial charge is 0.464 e. The predicted octanol–water partition coefficient (Wildman–Crippen LogP) is 0.0223. The molecule has 0 fully saturated rings. The first-order valence-electron chi connectivity index (χ1n) is 4.87. The summed E-state index contributed by atoms with van der Waals surface area (Å²) in [5.41, 5.74) is 2.29. The molecule has 0 heterocycles. The Hall–Kier alpha value is -1.14. The van der Waals surface area contributed by atoms with E-state index in [9.17, 15) is 9.59 Å². The average Bonchev–Trinajstić information content (AvgIpc) is 2.19. The number of rotatable bonds is 7. The number of ether oxygens (including phenoxy) is 2. The Morgan fingerprint density at radius 2 is 1.47 bits per heavy atom. The molecule has 0 saturated heterocycles. The zero-order valence-corrected chi connectivity index (χ0v) is 9.24. The Bertz CT molecular complexity index is 189. The topological polar surface area (TPSA) is 73.9 Å². The predicted molar refractivity (Wildman–Crippen MR) is 51.8 cm³/mol. The third-order valence-electron chi connectivity index (χ3n) is 1.39. The van der Waals surface area contributed by atoms with Crippen LogP contribution in [0, 0.1) is 0 Å². The van der Waals surface area contributed by atoms with Crippen LogP contribution in [0.25, 0.3) is 0 Å². The van der Waals surface area contributed by atoms with Crippen LogP contribution in [0.2, 0.25) is 0 Å². The highest BCUT2D eigenvalue weighted by molar-refractivity contribution is 5.99. The monoisotopic (exact) mass is 219 g/mol. The van der Waals surface area contributed by atoms with E-state index in [2.05, 4.69) is 15.0 Å². The molecule has 0 atom stereocenters. The van der Waals surface area contributed by atoms with Crippen LogP contribution in [0.4, 0.5) is 0 Å². The Balaban J connectivity index is 4.28. The maximum absolute atomic E-state index is 11.3. The molecule has 0 amide bonds. The maximum Gasteiger partial charge on any atom is 0.337 e. The quantitative estimate of drug-likeness (QED) is 0.370. The Morgan fingerprint density at radius 1 is 1.00 bits per heavy atom. The molecule has 15 heavy (non-hydrogen) atoms. The van der Waals surface area contributed by atoms with Gasteiger partial charge in [0.05, 0.1) is 19.8 Å². The Morgan fingerprint density at radius 3 is 1.80 bits per heavy atom. The summed E-state index contributed by atoms with van der Waals surface area (Å²) < 4.78 is 9.37. The molecule has 6 nitrogen and oxygen atoms in total.